The first-order valence-corrected chi connectivity index (χ1v) is 20.4. The highest BCUT2D eigenvalue weighted by Gasteiger charge is 2.44. The van der Waals surface area contributed by atoms with Crippen molar-refractivity contribution >= 4 is 34.0 Å². The van der Waals surface area contributed by atoms with Crippen LogP contribution >= 0.6 is 0 Å². The summed E-state index contributed by atoms with van der Waals surface area (Å²) in [7, 11) is 0. The lowest BCUT2D eigenvalue weighted by Gasteiger charge is -2.37. The van der Waals surface area contributed by atoms with Crippen molar-refractivity contribution in [1.82, 2.24) is 20.3 Å². The number of rotatable bonds is 9. The summed E-state index contributed by atoms with van der Waals surface area (Å²) in [5.74, 6) is 3.40. The molecule has 0 saturated carbocycles. The molecule has 5 atom stereocenters. The number of anilines is 3. The van der Waals surface area contributed by atoms with E-state index in [-0.39, 0.29) is 60.8 Å². The fourth-order valence-corrected chi connectivity index (χ4v) is 9.42. The molecule has 3 aliphatic heterocycles. The van der Waals surface area contributed by atoms with Gasteiger partial charge in [0.25, 0.3) is 0 Å². The molecule has 3 fully saturated rings. The zero-order valence-corrected chi connectivity index (χ0v) is 33.2. The number of nitrogens with zero attached hydrogens (tertiary/aromatic N) is 6. The van der Waals surface area contributed by atoms with Crippen LogP contribution in [0.1, 0.15) is 74.3 Å². The number of morpholine rings is 1. The van der Waals surface area contributed by atoms with Gasteiger partial charge in [-0.25, -0.2) is 13.8 Å². The minimum absolute atomic E-state index is 0.0773. The van der Waals surface area contributed by atoms with E-state index < -0.39 is 17.5 Å². The Labute approximate surface area is 338 Å². The van der Waals surface area contributed by atoms with Gasteiger partial charge in [-0.1, -0.05) is 18.6 Å². The molecule has 2 aromatic carbocycles. The van der Waals surface area contributed by atoms with Crippen molar-refractivity contribution in [3.63, 3.8) is 0 Å². The summed E-state index contributed by atoms with van der Waals surface area (Å²) in [5.41, 5.74) is 2.80. The number of phenolic OH excluding ortho intramolecular Hbond substituents is 1. The Hall–Kier alpha value is -5.48. The Morgan fingerprint density at radius 2 is 2.05 bits per heavy atom. The van der Waals surface area contributed by atoms with Crippen LogP contribution in [0.15, 0.2) is 55.3 Å². The monoisotopic (exact) mass is 791 g/mol. The zero-order chi connectivity index (χ0) is 40.6. The highest BCUT2D eigenvalue weighted by Crippen LogP contribution is 2.42. The summed E-state index contributed by atoms with van der Waals surface area (Å²) < 4.78 is 42.6. The van der Waals surface area contributed by atoms with E-state index >= 15 is 8.78 Å². The van der Waals surface area contributed by atoms with Crippen LogP contribution in [0, 0.1) is 18.2 Å². The van der Waals surface area contributed by atoms with E-state index in [1.807, 2.05) is 30.2 Å². The van der Waals surface area contributed by atoms with Crippen LogP contribution in [-0.2, 0) is 22.4 Å². The Kier molecular flexibility index (Phi) is 11.1. The quantitative estimate of drug-likeness (QED) is 0.146. The largest absolute Gasteiger partial charge is 0.508 e. The third-order valence-corrected chi connectivity index (χ3v) is 12.3. The van der Waals surface area contributed by atoms with Gasteiger partial charge in [0.05, 0.1) is 54.5 Å². The number of carbonyl (C=O) groups excluding carboxylic acids is 1. The number of benzene rings is 2. The number of hydrogen-bond donors (Lipinski definition) is 2. The second kappa shape index (κ2) is 16.4. The summed E-state index contributed by atoms with van der Waals surface area (Å²) >= 11 is 0. The molecule has 4 aliphatic rings. The Bertz CT molecular complexity index is 2230. The molecule has 5 heterocycles. The van der Waals surface area contributed by atoms with Crippen LogP contribution in [0.25, 0.3) is 10.8 Å². The van der Waals surface area contributed by atoms with Gasteiger partial charge in [0.15, 0.2) is 0 Å². The van der Waals surface area contributed by atoms with E-state index in [4.69, 9.17) is 30.8 Å². The molecular formula is C45H51F2N7O4. The SMILES string of the molecule is C#Cc1c(F)ccc2cc(O)cc([C@H]3CCc4c(nc(OC[C@]5(C)C[C@@H](F)CN5c5ccc(N6CCOC[C@H]6C)nc5)nc4N4CCCCC(NC(=O)C=C)C4)C3)c12. The number of phenols is 1. The Balaban J connectivity index is 1.12. The molecule has 1 unspecified atom stereocenters. The molecule has 11 nitrogen and oxygen atoms in total. The summed E-state index contributed by atoms with van der Waals surface area (Å²) in [6.45, 7) is 11.4. The number of halogens is 2. The molecular weight excluding hydrogens is 741 g/mol. The lowest BCUT2D eigenvalue weighted by atomic mass is 9.79. The minimum Gasteiger partial charge on any atom is -0.508 e. The fourth-order valence-electron chi connectivity index (χ4n) is 9.42. The molecule has 4 aromatic rings. The molecule has 2 N–H and O–H groups in total. The predicted octanol–water partition coefficient (Wildman–Crippen LogP) is 6.40. The molecule has 0 radical (unpaired) electrons. The van der Waals surface area contributed by atoms with Gasteiger partial charge in [-0.15, -0.1) is 6.42 Å². The molecule has 58 heavy (non-hydrogen) atoms. The van der Waals surface area contributed by atoms with E-state index in [0.717, 1.165) is 66.5 Å². The topological polar surface area (TPSA) is 116 Å². The van der Waals surface area contributed by atoms with Gasteiger partial charge in [0, 0.05) is 43.0 Å². The number of pyridine rings is 1. The van der Waals surface area contributed by atoms with Gasteiger partial charge in [0.1, 0.15) is 36.0 Å². The molecule has 1 aliphatic carbocycles. The van der Waals surface area contributed by atoms with Crippen molar-refractivity contribution in [3.05, 3.63) is 83.5 Å². The zero-order valence-electron chi connectivity index (χ0n) is 33.2. The summed E-state index contributed by atoms with van der Waals surface area (Å²) in [6, 6.07) is 10.5. The van der Waals surface area contributed by atoms with E-state index in [1.165, 1.54) is 12.1 Å². The van der Waals surface area contributed by atoms with Gasteiger partial charge >= 0.3 is 6.01 Å². The Morgan fingerprint density at radius 3 is 2.83 bits per heavy atom. The van der Waals surface area contributed by atoms with Crippen LogP contribution < -0.4 is 24.8 Å². The standard InChI is InChI=1S/C45H51F2N7O4/c1-5-35-38(47)14-11-30-19-34(55)21-37(42(30)35)29-10-13-36-39(20-29)50-44(51-43(36)52-16-8-7-9-32(25-52)49-41(56)6-2)58-27-45(4)22-31(46)24-54(45)33-12-15-40(48-23-33)53-17-18-57-26-28(53)3/h1,6,11-12,14-15,19,21,23,28-29,31-32,55H,2,7-10,13,16-18,20,22,24-27H2,3-4H3,(H,49,56)/t28-,29+,31-,32?,45+/m1/s1. The number of ether oxygens (including phenoxy) is 2. The molecule has 3 saturated heterocycles. The number of aromatic nitrogens is 3. The van der Waals surface area contributed by atoms with E-state index in [2.05, 4.69) is 34.5 Å². The normalized spacial score (nSPS) is 24.8. The maximum absolute atomic E-state index is 15.4. The highest BCUT2D eigenvalue weighted by molar-refractivity contribution is 5.93. The van der Waals surface area contributed by atoms with Gasteiger partial charge in [-0.2, -0.15) is 9.97 Å². The first-order valence-electron chi connectivity index (χ1n) is 20.4. The molecule has 1 amide bonds. The second-order valence-electron chi connectivity index (χ2n) is 16.4. The number of terminal acetylenes is 1. The molecule has 8 rings (SSSR count). The van der Waals surface area contributed by atoms with Crippen LogP contribution in [0.4, 0.5) is 26.1 Å². The van der Waals surface area contributed by atoms with Crippen LogP contribution in [0.3, 0.4) is 0 Å². The number of nitrogens with one attached hydrogen (secondary N) is 1. The van der Waals surface area contributed by atoms with E-state index in [9.17, 15) is 9.90 Å². The van der Waals surface area contributed by atoms with Gasteiger partial charge in [-0.3, -0.25) is 4.79 Å². The van der Waals surface area contributed by atoms with Crippen molar-refractivity contribution in [2.45, 2.75) is 88.5 Å². The summed E-state index contributed by atoms with van der Waals surface area (Å²) in [6.07, 6.45) is 12.6. The smallest absolute Gasteiger partial charge is 0.318 e. The van der Waals surface area contributed by atoms with E-state index in [1.54, 1.807) is 18.2 Å². The molecule has 2 aromatic heterocycles. The minimum atomic E-state index is -1.07. The molecule has 0 spiro atoms. The maximum atomic E-state index is 15.4. The fraction of sp³-hybridized carbons (Fsp3) is 0.467. The second-order valence-corrected chi connectivity index (χ2v) is 16.4. The first kappa shape index (κ1) is 39.4. The summed E-state index contributed by atoms with van der Waals surface area (Å²) in [5, 5.41) is 15.2. The number of alkyl halides is 1. The van der Waals surface area contributed by atoms with Crippen molar-refractivity contribution in [2.24, 2.45) is 0 Å². The van der Waals surface area contributed by atoms with Gasteiger partial charge in [0.2, 0.25) is 5.91 Å². The number of amides is 1. The van der Waals surface area contributed by atoms with Gasteiger partial charge in [-0.05, 0) is 106 Å². The lowest BCUT2D eigenvalue weighted by Crippen LogP contribution is -2.46. The first-order chi connectivity index (χ1) is 28.0. The lowest BCUT2D eigenvalue weighted by molar-refractivity contribution is -0.117. The third kappa shape index (κ3) is 7.86. The van der Waals surface area contributed by atoms with E-state index in [0.29, 0.717) is 49.8 Å². The van der Waals surface area contributed by atoms with Crippen LogP contribution in [0.2, 0.25) is 0 Å². The average Bonchev–Trinajstić information content (AvgIpc) is 3.35. The average molecular weight is 792 g/mol. The number of aromatic hydroxyl groups is 1. The highest BCUT2D eigenvalue weighted by atomic mass is 19.1. The Morgan fingerprint density at radius 1 is 1.19 bits per heavy atom. The predicted molar refractivity (Wildman–Crippen MR) is 221 cm³/mol. The van der Waals surface area contributed by atoms with Crippen molar-refractivity contribution in [2.75, 3.05) is 60.7 Å². The number of carbonyl (C=O) groups is 1. The third-order valence-electron chi connectivity index (χ3n) is 12.3. The molecule has 13 heteroatoms. The summed E-state index contributed by atoms with van der Waals surface area (Å²) in [4.78, 5) is 33.7. The number of fused-ring (bicyclic) bond motifs is 2. The van der Waals surface area contributed by atoms with Crippen molar-refractivity contribution < 1.29 is 28.2 Å². The van der Waals surface area contributed by atoms with Gasteiger partial charge < -0.3 is 34.6 Å². The maximum Gasteiger partial charge on any atom is 0.318 e. The molecule has 304 valence electrons. The number of hydrogen-bond acceptors (Lipinski definition) is 10. The molecule has 0 bridgehead atoms. The van der Waals surface area contributed by atoms with Crippen molar-refractivity contribution in [3.8, 4) is 24.1 Å². The van der Waals surface area contributed by atoms with Crippen LogP contribution in [-0.4, -0.2) is 95.8 Å². The van der Waals surface area contributed by atoms with Crippen molar-refractivity contribution in [1.29, 1.82) is 0 Å². The van der Waals surface area contributed by atoms with Crippen LogP contribution in [0.5, 0.6) is 11.8 Å².